The van der Waals surface area contributed by atoms with Crippen molar-refractivity contribution in [2.24, 2.45) is 5.92 Å². The molecule has 2 aliphatic heterocycles. The fourth-order valence-corrected chi connectivity index (χ4v) is 3.56. The van der Waals surface area contributed by atoms with Gasteiger partial charge in [0.05, 0.1) is 33.1 Å². The summed E-state index contributed by atoms with van der Waals surface area (Å²) >= 11 is 0. The fourth-order valence-electron chi connectivity index (χ4n) is 3.02. The molecule has 1 atom stereocenters. The molecular weight excluding hydrogens is 320 g/mol. The van der Waals surface area contributed by atoms with Crippen molar-refractivity contribution in [3.05, 3.63) is 12.4 Å². The highest BCUT2D eigenvalue weighted by atomic mass is 32.2. The van der Waals surface area contributed by atoms with Crippen LogP contribution < -0.4 is 14.4 Å². The summed E-state index contributed by atoms with van der Waals surface area (Å²) in [6.45, 7) is 2.62. The van der Waals surface area contributed by atoms with Crippen LogP contribution in [0.15, 0.2) is 12.4 Å². The molecule has 0 saturated carbocycles. The third-order valence-corrected chi connectivity index (χ3v) is 5.08. The van der Waals surface area contributed by atoms with E-state index in [4.69, 9.17) is 9.47 Å². The first kappa shape index (κ1) is 16.4. The van der Waals surface area contributed by atoms with E-state index in [9.17, 15) is 8.42 Å². The lowest BCUT2D eigenvalue weighted by Crippen LogP contribution is -2.65. The van der Waals surface area contributed by atoms with Gasteiger partial charge in [0.25, 0.3) is 0 Å². The number of methoxy groups -OCH3 is 1. The van der Waals surface area contributed by atoms with Crippen LogP contribution in [0, 0.1) is 5.92 Å². The van der Waals surface area contributed by atoms with E-state index in [0.717, 1.165) is 31.7 Å². The zero-order valence-electron chi connectivity index (χ0n) is 13.4. The van der Waals surface area contributed by atoms with Gasteiger partial charge in [-0.15, -0.1) is 0 Å². The maximum Gasteiger partial charge on any atom is 0.218 e. The van der Waals surface area contributed by atoms with Gasteiger partial charge in [-0.3, -0.25) is 0 Å². The van der Waals surface area contributed by atoms with E-state index in [1.54, 1.807) is 7.11 Å². The average molecular weight is 342 g/mol. The lowest BCUT2D eigenvalue weighted by molar-refractivity contribution is -0.114. The molecule has 1 N–H and O–H groups in total. The SMILES string of the molecule is COc1cc(N2CC3(CC[C@H](CNS(C)(=O)=O)CO3)C2)ncn1. The normalized spacial score (nSPS) is 23.6. The van der Waals surface area contributed by atoms with Crippen molar-refractivity contribution >= 4 is 15.8 Å². The predicted molar refractivity (Wildman–Crippen MR) is 85.1 cm³/mol. The molecule has 1 aromatic heterocycles. The molecule has 8 nitrogen and oxygen atoms in total. The minimum Gasteiger partial charge on any atom is -0.481 e. The van der Waals surface area contributed by atoms with Crippen molar-refractivity contribution in [1.82, 2.24) is 14.7 Å². The van der Waals surface area contributed by atoms with Gasteiger partial charge in [0.1, 0.15) is 17.7 Å². The molecule has 0 amide bonds. The molecule has 2 saturated heterocycles. The molecule has 9 heteroatoms. The zero-order valence-corrected chi connectivity index (χ0v) is 14.2. The van der Waals surface area contributed by atoms with Crippen LogP contribution in [-0.2, 0) is 14.8 Å². The van der Waals surface area contributed by atoms with Crippen LogP contribution in [0.5, 0.6) is 5.88 Å². The van der Waals surface area contributed by atoms with E-state index in [2.05, 4.69) is 19.6 Å². The maximum atomic E-state index is 11.1. The fraction of sp³-hybridized carbons (Fsp3) is 0.714. The summed E-state index contributed by atoms with van der Waals surface area (Å²) in [7, 11) is -1.55. The number of aromatic nitrogens is 2. The molecular formula is C14H22N4O4S. The quantitative estimate of drug-likeness (QED) is 0.806. The van der Waals surface area contributed by atoms with Gasteiger partial charge in [0, 0.05) is 12.6 Å². The average Bonchev–Trinajstić information content (AvgIpc) is 2.50. The Kier molecular flexibility index (Phi) is 4.43. The topological polar surface area (TPSA) is 93.7 Å². The summed E-state index contributed by atoms with van der Waals surface area (Å²) in [5, 5.41) is 0. The van der Waals surface area contributed by atoms with Crippen molar-refractivity contribution in [1.29, 1.82) is 0 Å². The van der Waals surface area contributed by atoms with Crippen molar-refractivity contribution in [2.75, 3.05) is 44.5 Å². The van der Waals surface area contributed by atoms with Crippen LogP contribution in [-0.4, -0.2) is 63.6 Å². The summed E-state index contributed by atoms with van der Waals surface area (Å²) < 4.78 is 36.0. The molecule has 0 unspecified atom stereocenters. The number of sulfonamides is 1. The van der Waals surface area contributed by atoms with Gasteiger partial charge in [-0.2, -0.15) is 0 Å². The Morgan fingerprint density at radius 1 is 1.48 bits per heavy atom. The Morgan fingerprint density at radius 2 is 2.26 bits per heavy atom. The van der Waals surface area contributed by atoms with Crippen LogP contribution in [0.2, 0.25) is 0 Å². The minimum absolute atomic E-state index is 0.125. The van der Waals surface area contributed by atoms with E-state index in [1.807, 2.05) is 6.07 Å². The molecule has 0 aliphatic carbocycles. The van der Waals surface area contributed by atoms with Gasteiger partial charge < -0.3 is 14.4 Å². The molecule has 0 aromatic carbocycles. The van der Waals surface area contributed by atoms with E-state index in [0.29, 0.717) is 19.0 Å². The van der Waals surface area contributed by atoms with E-state index < -0.39 is 10.0 Å². The second kappa shape index (κ2) is 6.21. The highest BCUT2D eigenvalue weighted by molar-refractivity contribution is 7.88. The molecule has 0 radical (unpaired) electrons. The first-order valence-electron chi connectivity index (χ1n) is 7.59. The van der Waals surface area contributed by atoms with E-state index >= 15 is 0 Å². The van der Waals surface area contributed by atoms with Gasteiger partial charge in [-0.1, -0.05) is 0 Å². The van der Waals surface area contributed by atoms with Crippen LogP contribution in [0.4, 0.5) is 5.82 Å². The maximum absolute atomic E-state index is 11.1. The summed E-state index contributed by atoms with van der Waals surface area (Å²) in [4.78, 5) is 10.4. The number of nitrogens with zero attached hydrogens (tertiary/aromatic N) is 3. The molecule has 2 fully saturated rings. The third kappa shape index (κ3) is 3.91. The monoisotopic (exact) mass is 342 g/mol. The number of rotatable bonds is 5. The van der Waals surface area contributed by atoms with Gasteiger partial charge in [0.15, 0.2) is 0 Å². The van der Waals surface area contributed by atoms with E-state index in [1.165, 1.54) is 12.6 Å². The number of anilines is 1. The molecule has 1 spiro atoms. The lowest BCUT2D eigenvalue weighted by atomic mass is 9.83. The highest BCUT2D eigenvalue weighted by Crippen LogP contribution is 2.38. The molecule has 3 rings (SSSR count). The lowest BCUT2D eigenvalue weighted by Gasteiger charge is -2.53. The number of nitrogens with one attached hydrogen (secondary N) is 1. The number of hydrogen-bond acceptors (Lipinski definition) is 7. The summed E-state index contributed by atoms with van der Waals surface area (Å²) in [6, 6.07) is 1.81. The Morgan fingerprint density at radius 3 is 2.87 bits per heavy atom. The first-order valence-corrected chi connectivity index (χ1v) is 9.48. The second-order valence-electron chi connectivity index (χ2n) is 6.29. The molecule has 128 valence electrons. The smallest absolute Gasteiger partial charge is 0.218 e. The number of ether oxygens (including phenoxy) is 2. The van der Waals surface area contributed by atoms with Crippen molar-refractivity contribution in [2.45, 2.75) is 18.4 Å². The van der Waals surface area contributed by atoms with Crippen molar-refractivity contribution in [3.8, 4) is 5.88 Å². The Hall–Kier alpha value is -1.45. The summed E-state index contributed by atoms with van der Waals surface area (Å²) in [6.07, 6.45) is 4.57. The van der Waals surface area contributed by atoms with Gasteiger partial charge in [-0.25, -0.2) is 23.1 Å². The Labute approximate surface area is 136 Å². The Balaban J connectivity index is 1.49. The molecule has 0 bridgehead atoms. The van der Waals surface area contributed by atoms with Crippen molar-refractivity contribution in [3.63, 3.8) is 0 Å². The predicted octanol–water partition coefficient (Wildman–Crippen LogP) is 0.0198. The summed E-state index contributed by atoms with van der Waals surface area (Å²) in [5.74, 6) is 1.63. The number of hydrogen-bond donors (Lipinski definition) is 1. The Bertz CT molecular complexity index is 650. The van der Waals surface area contributed by atoms with Gasteiger partial charge in [-0.05, 0) is 18.8 Å². The highest BCUT2D eigenvalue weighted by Gasteiger charge is 2.47. The largest absolute Gasteiger partial charge is 0.481 e. The van der Waals surface area contributed by atoms with Gasteiger partial charge >= 0.3 is 0 Å². The van der Waals surface area contributed by atoms with Crippen LogP contribution in [0.3, 0.4) is 0 Å². The summed E-state index contributed by atoms with van der Waals surface area (Å²) in [5.41, 5.74) is -0.125. The van der Waals surface area contributed by atoms with Crippen LogP contribution >= 0.6 is 0 Å². The zero-order chi connectivity index (χ0) is 16.5. The van der Waals surface area contributed by atoms with E-state index in [-0.39, 0.29) is 11.5 Å². The third-order valence-electron chi connectivity index (χ3n) is 4.39. The minimum atomic E-state index is -3.14. The molecule has 3 heterocycles. The molecule has 23 heavy (non-hydrogen) atoms. The second-order valence-corrected chi connectivity index (χ2v) is 8.13. The molecule has 1 aromatic rings. The van der Waals surface area contributed by atoms with Crippen LogP contribution in [0.1, 0.15) is 12.8 Å². The molecule has 2 aliphatic rings. The van der Waals surface area contributed by atoms with Crippen LogP contribution in [0.25, 0.3) is 0 Å². The van der Waals surface area contributed by atoms with Gasteiger partial charge in [0.2, 0.25) is 15.9 Å². The van der Waals surface area contributed by atoms with Crippen molar-refractivity contribution < 1.29 is 17.9 Å². The standard InChI is InChI=1S/C14H22N4O4S/c1-21-13-5-12(15-10-16-13)18-8-14(9-18)4-3-11(7-22-14)6-17-23(2,19)20/h5,10-11,17H,3-4,6-9H2,1-2H3/t11-/m1/s1. The first-order chi connectivity index (χ1) is 10.9.